The molecule has 94 valence electrons. The minimum Gasteiger partial charge on any atom is -0.396 e. The van der Waals surface area contributed by atoms with Crippen LogP contribution in [0.3, 0.4) is 0 Å². The summed E-state index contributed by atoms with van der Waals surface area (Å²) in [6.45, 7) is 8.62. The number of anilines is 1. The van der Waals surface area contributed by atoms with E-state index in [1.54, 1.807) is 0 Å². The fourth-order valence-electron chi connectivity index (χ4n) is 2.29. The molecule has 0 bridgehead atoms. The van der Waals surface area contributed by atoms with Crippen molar-refractivity contribution in [1.29, 1.82) is 0 Å². The first kappa shape index (κ1) is 12.4. The molecule has 1 aromatic heterocycles. The predicted octanol–water partition coefficient (Wildman–Crippen LogP) is 2.41. The Morgan fingerprint density at radius 2 is 2.12 bits per heavy atom. The van der Waals surface area contributed by atoms with Crippen LogP contribution in [0.1, 0.15) is 38.7 Å². The number of aliphatic hydroxyl groups is 1. The van der Waals surface area contributed by atoms with Crippen molar-refractivity contribution in [2.45, 2.75) is 33.1 Å². The summed E-state index contributed by atoms with van der Waals surface area (Å²) in [6.07, 6.45) is 3.00. The summed E-state index contributed by atoms with van der Waals surface area (Å²) in [5.41, 5.74) is 1.39. The van der Waals surface area contributed by atoms with Crippen LogP contribution in [0.15, 0.2) is 18.3 Å². The Kier molecular flexibility index (Phi) is 3.38. The van der Waals surface area contributed by atoms with Crippen LogP contribution in [-0.4, -0.2) is 29.8 Å². The zero-order valence-corrected chi connectivity index (χ0v) is 11.0. The van der Waals surface area contributed by atoms with Crippen molar-refractivity contribution in [3.05, 3.63) is 23.9 Å². The minimum absolute atomic E-state index is 0.110. The highest BCUT2D eigenvalue weighted by atomic mass is 16.3. The molecule has 2 rings (SSSR count). The summed E-state index contributed by atoms with van der Waals surface area (Å²) in [6, 6.07) is 4.24. The fraction of sp³-hybridized carbons (Fsp3) is 0.643. The van der Waals surface area contributed by atoms with Crippen molar-refractivity contribution in [2.24, 2.45) is 5.41 Å². The van der Waals surface area contributed by atoms with Gasteiger partial charge in [-0.2, -0.15) is 0 Å². The maximum Gasteiger partial charge on any atom is 0.128 e. The standard InChI is InChI=1S/C14H22N2O/c1-4-14(10-17)8-16(9-14)13-6-5-12(7-15-13)11(2)3/h5-7,11,17H,4,8-10H2,1-3H3. The summed E-state index contributed by atoms with van der Waals surface area (Å²) in [7, 11) is 0. The third-order valence-electron chi connectivity index (χ3n) is 3.90. The Balaban J connectivity index is 2.02. The largest absolute Gasteiger partial charge is 0.396 e. The van der Waals surface area contributed by atoms with Crippen molar-refractivity contribution >= 4 is 5.82 Å². The van der Waals surface area contributed by atoms with Crippen LogP contribution in [0.2, 0.25) is 0 Å². The lowest BCUT2D eigenvalue weighted by molar-refractivity contribution is 0.0877. The predicted molar refractivity (Wildman–Crippen MR) is 70.3 cm³/mol. The quantitative estimate of drug-likeness (QED) is 0.869. The topological polar surface area (TPSA) is 36.4 Å². The molecule has 1 aromatic rings. The van der Waals surface area contributed by atoms with Gasteiger partial charge in [0.25, 0.3) is 0 Å². The Bertz CT molecular complexity index is 360. The molecule has 1 fully saturated rings. The van der Waals surface area contributed by atoms with Gasteiger partial charge in [0.05, 0.1) is 6.61 Å². The zero-order chi connectivity index (χ0) is 12.5. The van der Waals surface area contributed by atoms with Crippen molar-refractivity contribution in [2.75, 3.05) is 24.6 Å². The second-order valence-corrected chi connectivity index (χ2v) is 5.47. The molecule has 1 N–H and O–H groups in total. The Labute approximate surface area is 103 Å². The summed E-state index contributed by atoms with van der Waals surface area (Å²) < 4.78 is 0. The van der Waals surface area contributed by atoms with Crippen molar-refractivity contribution in [1.82, 2.24) is 4.98 Å². The summed E-state index contributed by atoms with van der Waals surface area (Å²) in [5, 5.41) is 9.37. The van der Waals surface area contributed by atoms with Gasteiger partial charge in [0, 0.05) is 24.7 Å². The molecule has 0 amide bonds. The maximum absolute atomic E-state index is 9.37. The number of aliphatic hydroxyl groups excluding tert-OH is 1. The van der Waals surface area contributed by atoms with E-state index in [0.717, 1.165) is 25.3 Å². The summed E-state index contributed by atoms with van der Waals surface area (Å²) in [4.78, 5) is 6.74. The van der Waals surface area contributed by atoms with E-state index < -0.39 is 0 Å². The third kappa shape index (κ3) is 2.29. The average Bonchev–Trinajstić information content (AvgIpc) is 2.29. The lowest BCUT2D eigenvalue weighted by Gasteiger charge is -2.49. The maximum atomic E-state index is 9.37. The van der Waals surface area contributed by atoms with Crippen LogP contribution in [0, 0.1) is 5.41 Å². The van der Waals surface area contributed by atoms with Gasteiger partial charge in [-0.05, 0) is 24.0 Å². The monoisotopic (exact) mass is 234 g/mol. The number of hydrogen-bond acceptors (Lipinski definition) is 3. The Morgan fingerprint density at radius 1 is 1.41 bits per heavy atom. The number of aromatic nitrogens is 1. The number of hydrogen-bond donors (Lipinski definition) is 1. The number of nitrogens with zero attached hydrogens (tertiary/aromatic N) is 2. The molecule has 2 heterocycles. The highest BCUT2D eigenvalue weighted by molar-refractivity contribution is 5.44. The smallest absolute Gasteiger partial charge is 0.128 e. The molecule has 3 nitrogen and oxygen atoms in total. The zero-order valence-electron chi connectivity index (χ0n) is 11.0. The van der Waals surface area contributed by atoms with E-state index in [0.29, 0.717) is 5.92 Å². The molecule has 17 heavy (non-hydrogen) atoms. The van der Waals surface area contributed by atoms with Gasteiger partial charge in [-0.1, -0.05) is 26.8 Å². The molecular weight excluding hydrogens is 212 g/mol. The molecule has 3 heteroatoms. The van der Waals surface area contributed by atoms with E-state index in [-0.39, 0.29) is 12.0 Å². The van der Waals surface area contributed by atoms with Crippen LogP contribution in [0.5, 0.6) is 0 Å². The average molecular weight is 234 g/mol. The molecule has 0 atom stereocenters. The minimum atomic E-state index is 0.110. The van der Waals surface area contributed by atoms with Gasteiger partial charge >= 0.3 is 0 Å². The van der Waals surface area contributed by atoms with Crippen LogP contribution in [0.25, 0.3) is 0 Å². The van der Waals surface area contributed by atoms with Crippen molar-refractivity contribution < 1.29 is 5.11 Å². The normalized spacial score (nSPS) is 18.3. The third-order valence-corrected chi connectivity index (χ3v) is 3.90. The molecule has 1 saturated heterocycles. The second-order valence-electron chi connectivity index (χ2n) is 5.47. The van der Waals surface area contributed by atoms with E-state index >= 15 is 0 Å². The van der Waals surface area contributed by atoms with Gasteiger partial charge in [0.1, 0.15) is 5.82 Å². The summed E-state index contributed by atoms with van der Waals surface area (Å²) >= 11 is 0. The molecule has 1 aliphatic rings. The Morgan fingerprint density at radius 3 is 2.53 bits per heavy atom. The van der Waals surface area contributed by atoms with E-state index in [1.165, 1.54) is 5.56 Å². The Hall–Kier alpha value is -1.09. The molecule has 0 radical (unpaired) electrons. The van der Waals surface area contributed by atoms with Gasteiger partial charge in [-0.15, -0.1) is 0 Å². The number of rotatable bonds is 4. The number of pyridine rings is 1. The molecule has 0 unspecified atom stereocenters. The first-order valence-corrected chi connectivity index (χ1v) is 6.42. The highest BCUT2D eigenvalue weighted by Crippen LogP contribution is 2.36. The lowest BCUT2D eigenvalue weighted by Crippen LogP contribution is -2.58. The first-order chi connectivity index (χ1) is 8.10. The highest BCUT2D eigenvalue weighted by Gasteiger charge is 2.41. The van der Waals surface area contributed by atoms with E-state index in [9.17, 15) is 5.11 Å². The van der Waals surface area contributed by atoms with Crippen LogP contribution < -0.4 is 4.90 Å². The van der Waals surface area contributed by atoms with Gasteiger partial charge in [0.15, 0.2) is 0 Å². The van der Waals surface area contributed by atoms with Gasteiger partial charge in [-0.3, -0.25) is 0 Å². The van der Waals surface area contributed by atoms with Crippen molar-refractivity contribution in [3.8, 4) is 0 Å². The van der Waals surface area contributed by atoms with Gasteiger partial charge in [-0.25, -0.2) is 4.98 Å². The second kappa shape index (κ2) is 4.65. The fourth-order valence-corrected chi connectivity index (χ4v) is 2.29. The van der Waals surface area contributed by atoms with E-state index in [1.807, 2.05) is 6.20 Å². The molecule has 0 spiro atoms. The van der Waals surface area contributed by atoms with Crippen LogP contribution in [-0.2, 0) is 0 Å². The van der Waals surface area contributed by atoms with E-state index in [2.05, 4.69) is 42.8 Å². The van der Waals surface area contributed by atoms with Gasteiger partial charge < -0.3 is 10.0 Å². The molecular formula is C14H22N2O. The molecule has 1 aliphatic heterocycles. The first-order valence-electron chi connectivity index (χ1n) is 6.42. The molecule has 0 aromatic carbocycles. The van der Waals surface area contributed by atoms with Gasteiger partial charge in [0.2, 0.25) is 0 Å². The lowest BCUT2D eigenvalue weighted by atomic mass is 9.78. The SMILES string of the molecule is CCC1(CO)CN(c2ccc(C(C)C)cn2)C1. The van der Waals surface area contributed by atoms with Crippen molar-refractivity contribution in [3.63, 3.8) is 0 Å². The van der Waals surface area contributed by atoms with Crippen LogP contribution in [0.4, 0.5) is 5.82 Å². The van der Waals surface area contributed by atoms with Crippen LogP contribution >= 0.6 is 0 Å². The van der Waals surface area contributed by atoms with E-state index in [4.69, 9.17) is 0 Å². The summed E-state index contributed by atoms with van der Waals surface area (Å²) in [5.74, 6) is 1.56. The molecule has 0 saturated carbocycles. The molecule has 0 aliphatic carbocycles.